The van der Waals surface area contributed by atoms with Gasteiger partial charge >= 0.3 is 94.9 Å². The van der Waals surface area contributed by atoms with E-state index in [1.165, 1.54) is 0 Å². The molecule has 6 N–H and O–H groups in total. The number of hydrogen-bond acceptors (Lipinski definition) is 2. The van der Waals surface area contributed by atoms with Gasteiger partial charge in [0.15, 0.2) is 0 Å². The van der Waals surface area contributed by atoms with E-state index in [0.717, 1.165) is 0 Å². The van der Waals surface area contributed by atoms with Crippen molar-refractivity contribution in [2.45, 2.75) is 0.515 Å². The topological polar surface area (TPSA) is 135 Å². The summed E-state index contributed by atoms with van der Waals surface area (Å²) in [6, 6.07) is 0. The normalized spacial score (nSPS) is 4.22. The van der Waals surface area contributed by atoms with Crippen molar-refractivity contribution in [3.63, 3.8) is 0 Å². The third kappa shape index (κ3) is 40.1. The zero-order valence-electron chi connectivity index (χ0n) is 5.52. The van der Waals surface area contributed by atoms with Gasteiger partial charge in [0, 0.05) is 0 Å². The molecule has 0 aliphatic rings. The fourth-order valence-corrected chi connectivity index (χ4v) is 0. The van der Waals surface area contributed by atoms with Crippen molar-refractivity contribution >= 4 is 54.9 Å². The van der Waals surface area contributed by atoms with Crippen LogP contribution in [-0.4, -0.2) is 71.4 Å². The summed E-state index contributed by atoms with van der Waals surface area (Å²) in [4.78, 5) is 9.30. The molecule has 5 nitrogen and oxygen atoms in total. The van der Waals surface area contributed by atoms with Gasteiger partial charge in [-0.25, -0.2) is 0 Å². The van der Waals surface area contributed by atoms with E-state index in [4.69, 9.17) is 0 Å². The Labute approximate surface area is 109 Å². The summed E-state index contributed by atoms with van der Waals surface area (Å²) < 4.78 is 0.299. The fraction of sp³-hybridized carbons (Fsp3) is 0.500. The molecule has 0 aromatic heterocycles. The molecule has 0 radical (unpaired) electrons. The van der Waals surface area contributed by atoms with Gasteiger partial charge in [-0.1, -0.05) is 0 Å². The van der Waals surface area contributed by atoms with Crippen molar-refractivity contribution in [3.05, 3.63) is 0 Å². The van der Waals surface area contributed by atoms with Gasteiger partial charge in [-0.2, -0.15) is 0 Å². The molecule has 0 saturated carbocycles. The number of rotatable bonds is 1. The molecular weight excluding hydrogens is 166 g/mol. The zero-order valence-corrected chi connectivity index (χ0v) is 10.6. The first kappa shape index (κ1) is 30.6. The van der Waals surface area contributed by atoms with E-state index in [1.54, 1.807) is 0 Å². The molecule has 0 atom stereocenters. The number of carbonyl (C=O) groups is 1. The molecule has 0 amide bonds. The molecule has 0 aromatic carbocycles. The van der Waals surface area contributed by atoms with E-state index >= 15 is 0 Å². The van der Waals surface area contributed by atoms with Crippen LogP contribution in [0.1, 0.15) is 0 Å². The van der Waals surface area contributed by atoms with Crippen LogP contribution in [0.2, 0.25) is 0.515 Å². The average molecular weight is 174 g/mol. The number of carboxylic acids is 1. The summed E-state index contributed by atoms with van der Waals surface area (Å²) in [6.07, 6.45) is 0. The average Bonchev–Trinajstić information content (AvgIpc) is 1.38. The molecule has 0 spiro atoms. The Hall–Kier alpha value is 1.99. The van der Waals surface area contributed by atoms with Gasteiger partial charge in [-0.15, -0.1) is 0 Å². The maximum atomic E-state index is 9.30. The quantitative estimate of drug-likeness (QED) is 0.365. The minimum atomic E-state index is -0.912. The monoisotopic (exact) mass is 174 g/mol. The summed E-state index contributed by atoms with van der Waals surface area (Å²) in [5, 5.41) is 9.30. The predicted molar refractivity (Wildman–Crippen MR) is 26.4 cm³/mol. The molecule has 0 fully saturated rings. The van der Waals surface area contributed by atoms with Crippen LogP contribution >= 0.6 is 0 Å². The Kier molecular flexibility index (Phi) is 76.4. The Bertz CT molecular complexity index is 50.2. The van der Waals surface area contributed by atoms with E-state index in [-0.39, 0.29) is 46.0 Å². The van der Waals surface area contributed by atoms with Crippen LogP contribution in [-0.2, 0) is 4.79 Å². The number of hydrogen-bond donors (Lipinski definition) is 0. The van der Waals surface area contributed by atoms with Crippen LogP contribution in [0.3, 0.4) is 0 Å². The van der Waals surface area contributed by atoms with Gasteiger partial charge in [-0.3, -0.25) is 0 Å². The van der Waals surface area contributed by atoms with Crippen LogP contribution in [0.5, 0.6) is 0 Å². The molecule has 0 aromatic rings. The maximum Gasteiger partial charge on any atom is 1.00 e. The largest absolute Gasteiger partial charge is 1.00 e. The molecule has 0 rings (SSSR count). The maximum absolute atomic E-state index is 9.30. The van der Waals surface area contributed by atoms with E-state index < -0.39 is 5.97 Å². The first-order valence-electron chi connectivity index (χ1n) is 1.47. The second-order valence-corrected chi connectivity index (χ2v) is 1.83. The molecule has 0 unspecified atom stereocenters. The molecule has 0 saturated heterocycles. The van der Waals surface area contributed by atoms with Gasteiger partial charge in [-0.05, 0) is 0 Å². The van der Waals surface area contributed by atoms with Crippen LogP contribution < -0.4 is 34.7 Å². The van der Waals surface area contributed by atoms with Gasteiger partial charge in [0.2, 0.25) is 0 Å². The first-order valence-corrected chi connectivity index (χ1v) is 3.68. The minimum Gasteiger partial charge on any atom is 1.00 e. The molecule has 7 heteroatoms. The van der Waals surface area contributed by atoms with Gasteiger partial charge < -0.3 is 16.4 Å². The summed E-state index contributed by atoms with van der Waals surface area (Å²) in [5.41, 5.74) is 0. The molecule has 0 bridgehead atoms. The van der Waals surface area contributed by atoms with Gasteiger partial charge in [0.05, 0.1) is 0 Å². The number of carboxylic acid groups (broad SMARTS) is 1. The second kappa shape index (κ2) is 22.5. The third-order valence-corrected chi connectivity index (χ3v) is 1.19. The smallest absolute Gasteiger partial charge is 1.00 e. The van der Waals surface area contributed by atoms with Crippen molar-refractivity contribution in [1.29, 1.82) is 0 Å². The van der Waals surface area contributed by atoms with Gasteiger partial charge in [0.25, 0.3) is 0 Å². The van der Waals surface area contributed by atoms with E-state index in [9.17, 15) is 9.90 Å². The van der Waals surface area contributed by atoms with Crippen molar-refractivity contribution in [2.24, 2.45) is 0 Å². The third-order valence-electron chi connectivity index (χ3n) is 0.289. The second-order valence-electron chi connectivity index (χ2n) is 0.726. The van der Waals surface area contributed by atoms with Crippen molar-refractivity contribution in [1.82, 2.24) is 0 Å². The van der Waals surface area contributed by atoms with Crippen molar-refractivity contribution in [2.75, 3.05) is 0 Å². The van der Waals surface area contributed by atoms with Crippen LogP contribution in [0.4, 0.5) is 0 Å². The Balaban J connectivity index is -0.0000000133. The van der Waals surface area contributed by atoms with E-state index in [1.807, 2.05) is 0 Å². The molecule has 0 heterocycles. The first-order chi connectivity index (χ1) is 2.27. The fourth-order valence-electron chi connectivity index (χ4n) is 0. The molecule has 48 valence electrons. The van der Waals surface area contributed by atoms with Crippen LogP contribution in [0.25, 0.3) is 0 Å². The minimum absolute atomic E-state index is 0. The standard InChI is InChI=1S/C2H3O2.K.Na.3H2O/c1-2(3)4;;;;;/h1H2,(H,3,4);;;3*1H2/q;;+1;;;/p-1. The number of carbonyl (C=O) groups excluding carboxylic acids is 1. The summed E-state index contributed by atoms with van der Waals surface area (Å²) >= 11 is 0.422. The van der Waals surface area contributed by atoms with Crippen LogP contribution in [0, 0.1) is 0 Å². The van der Waals surface area contributed by atoms with Gasteiger partial charge in [0.1, 0.15) is 0 Å². The number of aliphatic carboxylic acids is 1. The SMILES string of the molecule is O.O.O.O=C([O-])[CH2][K].[Na+]. The predicted octanol–water partition coefficient (Wildman–Crippen LogP) is -7.15. The van der Waals surface area contributed by atoms with E-state index in [0.29, 0.717) is 49.5 Å². The Morgan fingerprint density at radius 3 is 1.44 bits per heavy atom. The molecule has 9 heavy (non-hydrogen) atoms. The summed E-state index contributed by atoms with van der Waals surface area (Å²) in [6.45, 7) is 0. The molecular formula is C2H8KNaO5. The Morgan fingerprint density at radius 2 is 1.44 bits per heavy atom. The summed E-state index contributed by atoms with van der Waals surface area (Å²) in [5.74, 6) is -0.912. The zero-order chi connectivity index (χ0) is 4.28. The van der Waals surface area contributed by atoms with Crippen molar-refractivity contribution < 1.29 is 55.9 Å². The van der Waals surface area contributed by atoms with Crippen molar-refractivity contribution in [3.8, 4) is 0 Å². The molecule has 0 aliphatic carbocycles. The van der Waals surface area contributed by atoms with E-state index in [2.05, 4.69) is 0 Å². The summed E-state index contributed by atoms with van der Waals surface area (Å²) in [7, 11) is 0. The molecule has 0 aliphatic heterocycles. The van der Waals surface area contributed by atoms with Crippen LogP contribution in [0.15, 0.2) is 0 Å². The Morgan fingerprint density at radius 1 is 1.33 bits per heavy atom.